The minimum absolute atomic E-state index is 0.220. The largest absolute Gasteiger partial charge is 0.397 e. The maximum Gasteiger partial charge on any atom is 0.397 e. The molecule has 1 aliphatic rings. The normalized spacial score (nSPS) is 24.3. The predicted octanol–water partition coefficient (Wildman–Crippen LogP) is 3.01. The molecule has 0 spiro atoms. The summed E-state index contributed by atoms with van der Waals surface area (Å²) in [4.78, 5) is 12.9. The van der Waals surface area contributed by atoms with Gasteiger partial charge in [0.1, 0.15) is 30.5 Å². The Labute approximate surface area is 280 Å². The number of carbonyl (C=O) groups is 1. The second-order valence-corrected chi connectivity index (χ2v) is 12.9. The van der Waals surface area contributed by atoms with Crippen LogP contribution in [0, 0.1) is 0 Å². The van der Waals surface area contributed by atoms with Crippen molar-refractivity contribution in [3.63, 3.8) is 0 Å². The van der Waals surface area contributed by atoms with Gasteiger partial charge in [-0.3, -0.25) is 9.35 Å². The zero-order chi connectivity index (χ0) is 35.1. The molecule has 1 rings (SSSR count). The SMILES string of the molecule is CCC/C=C/CC/C=C/C(O)C(COC1OC(CO)C(O)C(OS(=O)(=O)O)C1O)NC(=O)C(O)CCCCCC/C=C\CCCCC. The van der Waals surface area contributed by atoms with Crippen molar-refractivity contribution in [1.29, 1.82) is 0 Å². The molecule has 1 fully saturated rings. The molecule has 14 heteroatoms. The third-order valence-corrected chi connectivity index (χ3v) is 8.20. The zero-order valence-electron chi connectivity index (χ0n) is 27.9. The van der Waals surface area contributed by atoms with Gasteiger partial charge in [-0.05, 0) is 51.4 Å². The molecule has 0 saturated carbocycles. The summed E-state index contributed by atoms with van der Waals surface area (Å²) in [6.45, 7) is 2.97. The Kier molecular flexibility index (Phi) is 23.3. The van der Waals surface area contributed by atoms with Gasteiger partial charge in [0.15, 0.2) is 6.29 Å². The zero-order valence-corrected chi connectivity index (χ0v) is 28.8. The van der Waals surface area contributed by atoms with Crippen molar-refractivity contribution in [3.8, 4) is 0 Å². The summed E-state index contributed by atoms with van der Waals surface area (Å²) in [6, 6.07) is -1.13. The van der Waals surface area contributed by atoms with Crippen LogP contribution in [0.2, 0.25) is 0 Å². The van der Waals surface area contributed by atoms with Crippen LogP contribution in [0.3, 0.4) is 0 Å². The van der Waals surface area contributed by atoms with E-state index in [-0.39, 0.29) is 6.42 Å². The van der Waals surface area contributed by atoms with Gasteiger partial charge in [-0.25, -0.2) is 4.18 Å². The fourth-order valence-corrected chi connectivity index (χ4v) is 5.45. The smallest absolute Gasteiger partial charge is 0.394 e. The highest BCUT2D eigenvalue weighted by atomic mass is 32.3. The fraction of sp³-hybridized carbons (Fsp3) is 0.788. The van der Waals surface area contributed by atoms with Crippen molar-refractivity contribution in [2.24, 2.45) is 0 Å². The van der Waals surface area contributed by atoms with E-state index in [1.807, 2.05) is 6.08 Å². The first-order valence-electron chi connectivity index (χ1n) is 17.0. The molecule has 1 aliphatic heterocycles. The summed E-state index contributed by atoms with van der Waals surface area (Å²) < 4.78 is 46.9. The molecule has 0 aromatic heterocycles. The van der Waals surface area contributed by atoms with E-state index < -0.39 is 78.5 Å². The monoisotopic (exact) mass is 693 g/mol. The van der Waals surface area contributed by atoms with Crippen LogP contribution in [0.5, 0.6) is 0 Å². The minimum Gasteiger partial charge on any atom is -0.394 e. The third-order valence-electron chi connectivity index (χ3n) is 7.73. The van der Waals surface area contributed by atoms with E-state index in [0.717, 1.165) is 51.4 Å². The number of hydrogen-bond donors (Lipinski definition) is 7. The van der Waals surface area contributed by atoms with Crippen LogP contribution in [0.1, 0.15) is 104 Å². The molecule has 0 aromatic rings. The molecule has 1 amide bonds. The molecule has 0 bridgehead atoms. The van der Waals surface area contributed by atoms with E-state index in [0.29, 0.717) is 12.8 Å². The summed E-state index contributed by atoms with van der Waals surface area (Å²) in [5, 5.41) is 54.4. The van der Waals surface area contributed by atoms with Crippen LogP contribution < -0.4 is 5.32 Å². The highest BCUT2D eigenvalue weighted by Crippen LogP contribution is 2.26. The van der Waals surface area contributed by atoms with E-state index in [1.54, 1.807) is 6.08 Å². The Morgan fingerprint density at radius 2 is 1.47 bits per heavy atom. The number of aliphatic hydroxyl groups is 5. The number of ether oxygens (including phenoxy) is 2. The third kappa shape index (κ3) is 19.2. The van der Waals surface area contributed by atoms with Gasteiger partial charge in [0, 0.05) is 0 Å². The van der Waals surface area contributed by atoms with Crippen LogP contribution in [0.15, 0.2) is 36.5 Å². The summed E-state index contributed by atoms with van der Waals surface area (Å²) in [7, 11) is -5.11. The Hall–Kier alpha value is -1.72. The lowest BCUT2D eigenvalue weighted by Gasteiger charge is -2.41. The van der Waals surface area contributed by atoms with Crippen molar-refractivity contribution in [3.05, 3.63) is 36.5 Å². The number of amides is 1. The van der Waals surface area contributed by atoms with E-state index in [9.17, 15) is 38.7 Å². The van der Waals surface area contributed by atoms with Crippen molar-refractivity contribution in [2.45, 2.75) is 153 Å². The molecule has 1 heterocycles. The average molecular weight is 694 g/mol. The highest BCUT2D eigenvalue weighted by molar-refractivity contribution is 7.80. The second-order valence-electron chi connectivity index (χ2n) is 11.9. The van der Waals surface area contributed by atoms with E-state index in [1.165, 1.54) is 25.3 Å². The Bertz CT molecular complexity index is 1020. The molecule has 0 aromatic carbocycles. The number of carbonyl (C=O) groups excluding carboxylic acids is 1. The molecular formula is C33H59NO12S. The van der Waals surface area contributed by atoms with Gasteiger partial charge in [0.05, 0.1) is 25.4 Å². The average Bonchev–Trinajstić information content (AvgIpc) is 3.03. The summed E-state index contributed by atoms with van der Waals surface area (Å²) in [5.41, 5.74) is 0. The number of allylic oxidation sites excluding steroid dienone is 5. The first-order chi connectivity index (χ1) is 22.4. The molecule has 274 valence electrons. The molecule has 13 nitrogen and oxygen atoms in total. The Balaban J connectivity index is 2.78. The summed E-state index contributed by atoms with van der Waals surface area (Å²) in [6.07, 6.45) is 13.1. The van der Waals surface area contributed by atoms with Gasteiger partial charge in [-0.15, -0.1) is 0 Å². The standard InChI is InChI=1S/C33H59NO12S/c1-3-5-7-9-11-12-13-14-16-18-20-22-27(37)32(40)34-25(26(36)21-19-17-15-10-8-6-4-2)24-44-33-30(39)31(46-47(41,42)43)29(38)28(23-35)45-33/h8,10-12,19,21,25-31,33,35-39H,3-7,9,13-18,20,22-24H2,1-2H3,(H,34,40)(H,41,42,43)/b10-8+,12-11-,21-19+. The number of unbranched alkanes of at least 4 members (excludes halogenated alkanes) is 9. The van der Waals surface area contributed by atoms with Gasteiger partial charge < -0.3 is 40.3 Å². The van der Waals surface area contributed by atoms with Gasteiger partial charge in [0.25, 0.3) is 0 Å². The van der Waals surface area contributed by atoms with Crippen molar-refractivity contribution in [1.82, 2.24) is 5.32 Å². The van der Waals surface area contributed by atoms with Crippen LogP contribution in [0.25, 0.3) is 0 Å². The molecule has 7 N–H and O–H groups in total. The van der Waals surface area contributed by atoms with Gasteiger partial charge in [-0.1, -0.05) is 88.8 Å². The summed E-state index contributed by atoms with van der Waals surface area (Å²) >= 11 is 0. The quantitative estimate of drug-likeness (QED) is 0.0396. The Morgan fingerprint density at radius 1 is 0.851 bits per heavy atom. The number of nitrogens with one attached hydrogen (secondary N) is 1. The predicted molar refractivity (Wildman–Crippen MR) is 177 cm³/mol. The lowest BCUT2D eigenvalue weighted by Crippen LogP contribution is -2.61. The molecule has 0 aliphatic carbocycles. The number of rotatable bonds is 26. The molecule has 0 radical (unpaired) electrons. The van der Waals surface area contributed by atoms with Gasteiger partial charge in [-0.2, -0.15) is 8.42 Å². The number of aliphatic hydroxyl groups excluding tert-OH is 5. The van der Waals surface area contributed by atoms with Crippen LogP contribution in [0.4, 0.5) is 0 Å². The lowest BCUT2D eigenvalue weighted by atomic mass is 9.99. The molecule has 8 unspecified atom stereocenters. The Morgan fingerprint density at radius 3 is 2.11 bits per heavy atom. The minimum atomic E-state index is -5.11. The molecular weight excluding hydrogens is 634 g/mol. The maximum absolute atomic E-state index is 12.9. The van der Waals surface area contributed by atoms with E-state index >= 15 is 0 Å². The molecule has 47 heavy (non-hydrogen) atoms. The van der Waals surface area contributed by atoms with Crippen LogP contribution >= 0.6 is 0 Å². The molecule has 1 saturated heterocycles. The van der Waals surface area contributed by atoms with Crippen molar-refractivity contribution >= 4 is 16.3 Å². The topological polar surface area (TPSA) is 212 Å². The van der Waals surface area contributed by atoms with E-state index in [2.05, 4.69) is 41.6 Å². The van der Waals surface area contributed by atoms with Crippen LogP contribution in [-0.2, 0) is 28.9 Å². The van der Waals surface area contributed by atoms with Gasteiger partial charge >= 0.3 is 10.4 Å². The van der Waals surface area contributed by atoms with E-state index in [4.69, 9.17) is 14.0 Å². The second kappa shape index (κ2) is 25.3. The van der Waals surface area contributed by atoms with Crippen molar-refractivity contribution < 1.29 is 57.0 Å². The first-order valence-corrected chi connectivity index (χ1v) is 18.3. The number of hydrogen-bond acceptors (Lipinski definition) is 11. The van der Waals surface area contributed by atoms with Crippen LogP contribution in [-0.4, -0.2) is 107 Å². The lowest BCUT2D eigenvalue weighted by molar-refractivity contribution is -0.298. The van der Waals surface area contributed by atoms with Crippen molar-refractivity contribution in [2.75, 3.05) is 13.2 Å². The first kappa shape index (κ1) is 43.3. The highest BCUT2D eigenvalue weighted by Gasteiger charge is 2.48. The summed E-state index contributed by atoms with van der Waals surface area (Å²) in [5.74, 6) is -0.732. The molecule has 8 atom stereocenters. The fourth-order valence-electron chi connectivity index (χ4n) is 4.94. The van der Waals surface area contributed by atoms with Gasteiger partial charge in [0.2, 0.25) is 5.91 Å². The maximum atomic E-state index is 12.9.